The first kappa shape index (κ1) is 11.2. The van der Waals surface area contributed by atoms with Gasteiger partial charge in [0, 0.05) is 0 Å². The van der Waals surface area contributed by atoms with Gasteiger partial charge in [-0.15, -0.1) is 6.58 Å². The third-order valence-electron chi connectivity index (χ3n) is 1.79. The number of ether oxygens (including phenoxy) is 1. The molecular weight excluding hydrogens is 247 g/mol. The van der Waals surface area contributed by atoms with E-state index in [-0.39, 0.29) is 5.82 Å². The maximum Gasteiger partial charge on any atom is 0.133 e. The average Bonchev–Trinajstić information content (AvgIpc) is 2.14. The zero-order valence-corrected chi connectivity index (χ0v) is 9.60. The second kappa shape index (κ2) is 5.15. The number of aryl methyl sites for hydroxylation is 1. The van der Waals surface area contributed by atoms with Crippen LogP contribution in [0.15, 0.2) is 29.3 Å². The highest BCUT2D eigenvalue weighted by atomic mass is 79.9. The molecule has 0 amide bonds. The molecule has 0 heterocycles. The van der Waals surface area contributed by atoms with E-state index < -0.39 is 0 Å². The summed E-state index contributed by atoms with van der Waals surface area (Å²) in [5, 5.41) is 0. The lowest BCUT2D eigenvalue weighted by Gasteiger charge is -2.08. The minimum absolute atomic E-state index is 0.229. The van der Waals surface area contributed by atoms with Crippen molar-refractivity contribution in [2.75, 3.05) is 6.61 Å². The third-order valence-corrected chi connectivity index (χ3v) is 2.41. The smallest absolute Gasteiger partial charge is 0.133 e. The molecule has 76 valence electrons. The minimum atomic E-state index is -0.229. The molecule has 1 rings (SSSR count). The molecular formula is C11H12BrFO. The first-order valence-electron chi connectivity index (χ1n) is 4.34. The van der Waals surface area contributed by atoms with E-state index in [1.54, 1.807) is 19.1 Å². The van der Waals surface area contributed by atoms with Crippen molar-refractivity contribution >= 4 is 15.9 Å². The van der Waals surface area contributed by atoms with Gasteiger partial charge in [-0.2, -0.15) is 0 Å². The second-order valence-corrected chi connectivity index (χ2v) is 3.81. The van der Waals surface area contributed by atoms with Gasteiger partial charge < -0.3 is 4.74 Å². The fourth-order valence-electron chi connectivity index (χ4n) is 0.994. The Morgan fingerprint density at radius 3 is 2.93 bits per heavy atom. The van der Waals surface area contributed by atoms with Gasteiger partial charge in [-0.25, -0.2) is 4.39 Å². The normalized spacial score (nSPS) is 9.93. The van der Waals surface area contributed by atoms with Gasteiger partial charge in [0.15, 0.2) is 0 Å². The fourth-order valence-corrected chi connectivity index (χ4v) is 1.42. The Morgan fingerprint density at radius 2 is 2.29 bits per heavy atom. The van der Waals surface area contributed by atoms with E-state index in [1.807, 2.05) is 0 Å². The van der Waals surface area contributed by atoms with Crippen molar-refractivity contribution in [3.8, 4) is 5.75 Å². The van der Waals surface area contributed by atoms with Crippen LogP contribution in [0.2, 0.25) is 0 Å². The highest BCUT2D eigenvalue weighted by molar-refractivity contribution is 9.10. The monoisotopic (exact) mass is 258 g/mol. The van der Waals surface area contributed by atoms with Gasteiger partial charge >= 0.3 is 0 Å². The van der Waals surface area contributed by atoms with Crippen molar-refractivity contribution in [2.45, 2.75) is 13.3 Å². The predicted octanol–water partition coefficient (Wildman–Crippen LogP) is 3.85. The predicted molar refractivity (Wildman–Crippen MR) is 59.1 cm³/mol. The van der Waals surface area contributed by atoms with E-state index in [2.05, 4.69) is 22.5 Å². The molecule has 0 fully saturated rings. The fraction of sp³-hybridized carbons (Fsp3) is 0.273. The summed E-state index contributed by atoms with van der Waals surface area (Å²) in [5.41, 5.74) is 0.585. The SMILES string of the molecule is C=CCCOc1cc(C)c(F)cc1Br. The Bertz CT molecular complexity index is 336. The maximum atomic E-state index is 13.0. The molecule has 0 radical (unpaired) electrons. The van der Waals surface area contributed by atoms with Crippen LogP contribution in [-0.2, 0) is 0 Å². The largest absolute Gasteiger partial charge is 0.492 e. The van der Waals surface area contributed by atoms with Crippen LogP contribution < -0.4 is 4.74 Å². The maximum absolute atomic E-state index is 13.0. The number of halogens is 2. The Kier molecular flexibility index (Phi) is 4.14. The van der Waals surface area contributed by atoms with E-state index in [0.29, 0.717) is 22.4 Å². The zero-order chi connectivity index (χ0) is 10.6. The molecule has 0 saturated carbocycles. The Morgan fingerprint density at radius 1 is 1.57 bits per heavy atom. The van der Waals surface area contributed by atoms with Gasteiger partial charge in [-0.05, 0) is 47.0 Å². The molecule has 0 aliphatic heterocycles. The molecule has 0 atom stereocenters. The number of hydrogen-bond acceptors (Lipinski definition) is 1. The highest BCUT2D eigenvalue weighted by Crippen LogP contribution is 2.27. The van der Waals surface area contributed by atoms with Crippen LogP contribution in [0.25, 0.3) is 0 Å². The lowest BCUT2D eigenvalue weighted by molar-refractivity contribution is 0.322. The second-order valence-electron chi connectivity index (χ2n) is 2.96. The van der Waals surface area contributed by atoms with Crippen LogP contribution in [0, 0.1) is 12.7 Å². The van der Waals surface area contributed by atoms with Crippen molar-refractivity contribution in [3.05, 3.63) is 40.6 Å². The van der Waals surface area contributed by atoms with Gasteiger partial charge in [-0.1, -0.05) is 6.08 Å². The quantitative estimate of drug-likeness (QED) is 0.589. The van der Waals surface area contributed by atoms with E-state index >= 15 is 0 Å². The van der Waals surface area contributed by atoms with E-state index in [4.69, 9.17) is 4.74 Å². The molecule has 3 heteroatoms. The summed E-state index contributed by atoms with van der Waals surface area (Å²) in [5.74, 6) is 0.443. The summed E-state index contributed by atoms with van der Waals surface area (Å²) >= 11 is 3.24. The van der Waals surface area contributed by atoms with Gasteiger partial charge in [0.2, 0.25) is 0 Å². The standard InChI is InChI=1S/C11H12BrFO/c1-3-4-5-14-11-6-8(2)10(13)7-9(11)12/h3,6-7H,1,4-5H2,2H3. The van der Waals surface area contributed by atoms with Gasteiger partial charge in [0.1, 0.15) is 11.6 Å². The lowest BCUT2D eigenvalue weighted by Crippen LogP contribution is -1.97. The molecule has 1 aromatic carbocycles. The minimum Gasteiger partial charge on any atom is -0.492 e. The molecule has 0 N–H and O–H groups in total. The Hall–Kier alpha value is -0.830. The van der Waals surface area contributed by atoms with Crippen LogP contribution in [0.4, 0.5) is 4.39 Å². The molecule has 1 nitrogen and oxygen atoms in total. The van der Waals surface area contributed by atoms with E-state index in [9.17, 15) is 4.39 Å². The molecule has 0 unspecified atom stereocenters. The summed E-state index contributed by atoms with van der Waals surface area (Å²) in [4.78, 5) is 0. The van der Waals surface area contributed by atoms with Crippen molar-refractivity contribution in [1.82, 2.24) is 0 Å². The van der Waals surface area contributed by atoms with Crippen LogP contribution in [0.3, 0.4) is 0 Å². The third kappa shape index (κ3) is 2.84. The summed E-state index contributed by atoms with van der Waals surface area (Å²) in [6.07, 6.45) is 2.56. The summed E-state index contributed by atoms with van der Waals surface area (Å²) in [6.45, 7) is 5.87. The highest BCUT2D eigenvalue weighted by Gasteiger charge is 2.05. The molecule has 0 saturated heterocycles. The first-order valence-corrected chi connectivity index (χ1v) is 5.13. The van der Waals surface area contributed by atoms with Crippen LogP contribution in [0.1, 0.15) is 12.0 Å². The number of benzene rings is 1. The molecule has 1 aromatic rings. The topological polar surface area (TPSA) is 9.23 Å². The van der Waals surface area contributed by atoms with Gasteiger partial charge in [0.25, 0.3) is 0 Å². The van der Waals surface area contributed by atoms with Crippen molar-refractivity contribution in [2.24, 2.45) is 0 Å². The van der Waals surface area contributed by atoms with Crippen LogP contribution in [-0.4, -0.2) is 6.61 Å². The average molecular weight is 259 g/mol. The number of hydrogen-bond donors (Lipinski definition) is 0. The van der Waals surface area contributed by atoms with Crippen molar-refractivity contribution in [1.29, 1.82) is 0 Å². The van der Waals surface area contributed by atoms with E-state index in [0.717, 1.165) is 6.42 Å². The summed E-state index contributed by atoms with van der Waals surface area (Å²) in [6, 6.07) is 3.10. The molecule has 0 aromatic heterocycles. The molecule has 0 spiro atoms. The summed E-state index contributed by atoms with van der Waals surface area (Å²) < 4.78 is 19.1. The van der Waals surface area contributed by atoms with Crippen molar-refractivity contribution in [3.63, 3.8) is 0 Å². The zero-order valence-electron chi connectivity index (χ0n) is 8.02. The lowest BCUT2D eigenvalue weighted by atomic mass is 10.2. The van der Waals surface area contributed by atoms with Crippen LogP contribution in [0.5, 0.6) is 5.75 Å². The molecule has 0 bridgehead atoms. The summed E-state index contributed by atoms with van der Waals surface area (Å²) in [7, 11) is 0. The Labute approximate surface area is 91.7 Å². The molecule has 0 aliphatic rings. The van der Waals surface area contributed by atoms with Gasteiger partial charge in [0.05, 0.1) is 11.1 Å². The van der Waals surface area contributed by atoms with Crippen molar-refractivity contribution < 1.29 is 9.13 Å². The van der Waals surface area contributed by atoms with Crippen LogP contribution >= 0.6 is 15.9 Å². The van der Waals surface area contributed by atoms with E-state index in [1.165, 1.54) is 6.07 Å². The Balaban J connectivity index is 2.76. The molecule has 0 aliphatic carbocycles. The first-order chi connectivity index (χ1) is 6.65. The molecule has 14 heavy (non-hydrogen) atoms. The van der Waals surface area contributed by atoms with Gasteiger partial charge in [-0.3, -0.25) is 0 Å². The number of rotatable bonds is 4.